The van der Waals surface area contributed by atoms with Gasteiger partial charge in [0.25, 0.3) is 5.91 Å². The normalized spacial score (nSPS) is 10.6. The fourth-order valence-electron chi connectivity index (χ4n) is 2.41. The number of hydrogen-bond acceptors (Lipinski definition) is 5. The lowest BCUT2D eigenvalue weighted by atomic mass is 10.2. The Morgan fingerprint density at radius 2 is 1.80 bits per heavy atom. The molecule has 1 heterocycles. The van der Waals surface area contributed by atoms with E-state index in [-0.39, 0.29) is 5.91 Å². The summed E-state index contributed by atoms with van der Waals surface area (Å²) in [5.74, 6) is 0.622. The second kappa shape index (κ2) is 9.01. The van der Waals surface area contributed by atoms with Gasteiger partial charge < -0.3 is 15.5 Å². The molecule has 1 aromatic heterocycles. The Labute approximate surface area is 149 Å². The van der Waals surface area contributed by atoms with Crippen LogP contribution in [0.1, 0.15) is 38.2 Å². The fraction of sp³-hybridized carbons (Fsp3) is 0.421. The number of nitrogens with one attached hydrogen (secondary N) is 2. The summed E-state index contributed by atoms with van der Waals surface area (Å²) in [5.41, 5.74) is 2.42. The van der Waals surface area contributed by atoms with Crippen molar-refractivity contribution >= 4 is 23.2 Å². The molecule has 1 aromatic carbocycles. The molecule has 6 nitrogen and oxygen atoms in total. The maximum atomic E-state index is 12.1. The Bertz CT molecular complexity index is 680. The summed E-state index contributed by atoms with van der Waals surface area (Å²) in [6.07, 6.45) is 1.59. The number of aromatic nitrogens is 2. The third-order valence-corrected chi connectivity index (χ3v) is 3.81. The lowest BCUT2D eigenvalue weighted by molar-refractivity contribution is 0.0944. The topological polar surface area (TPSA) is 70.2 Å². The molecule has 25 heavy (non-hydrogen) atoms. The van der Waals surface area contributed by atoms with Gasteiger partial charge in [0, 0.05) is 37.2 Å². The molecule has 0 saturated carbocycles. The fourth-order valence-corrected chi connectivity index (χ4v) is 2.41. The monoisotopic (exact) mass is 341 g/mol. The third kappa shape index (κ3) is 5.45. The molecule has 0 saturated heterocycles. The van der Waals surface area contributed by atoms with Gasteiger partial charge in [-0.25, -0.2) is 9.97 Å². The first-order valence-electron chi connectivity index (χ1n) is 8.76. The number of carbonyl (C=O) groups excluding carboxylic acids is 1. The van der Waals surface area contributed by atoms with Gasteiger partial charge >= 0.3 is 0 Å². The Morgan fingerprint density at radius 3 is 2.40 bits per heavy atom. The lowest BCUT2D eigenvalue weighted by Crippen LogP contribution is -2.28. The number of rotatable bonds is 8. The average Bonchev–Trinajstić information content (AvgIpc) is 2.62. The van der Waals surface area contributed by atoms with Crippen LogP contribution in [0.3, 0.4) is 0 Å². The van der Waals surface area contributed by atoms with Gasteiger partial charge in [-0.05, 0) is 50.1 Å². The quantitative estimate of drug-likeness (QED) is 0.769. The van der Waals surface area contributed by atoms with E-state index in [4.69, 9.17) is 0 Å². The number of carbonyl (C=O) groups is 1. The highest BCUT2D eigenvalue weighted by Crippen LogP contribution is 2.19. The van der Waals surface area contributed by atoms with Crippen molar-refractivity contribution in [1.82, 2.24) is 15.3 Å². The number of nitrogens with zero attached hydrogens (tertiary/aromatic N) is 3. The van der Waals surface area contributed by atoms with E-state index in [0.717, 1.165) is 18.8 Å². The van der Waals surface area contributed by atoms with Crippen LogP contribution < -0.4 is 15.5 Å². The van der Waals surface area contributed by atoms with E-state index in [1.807, 2.05) is 12.1 Å². The lowest BCUT2D eigenvalue weighted by Gasteiger charge is -2.21. The summed E-state index contributed by atoms with van der Waals surface area (Å²) in [4.78, 5) is 22.9. The summed E-state index contributed by atoms with van der Waals surface area (Å²) in [6.45, 7) is 10.9. The molecule has 0 atom stereocenters. The minimum atomic E-state index is -0.184. The van der Waals surface area contributed by atoms with Crippen LogP contribution in [0.2, 0.25) is 0 Å². The van der Waals surface area contributed by atoms with Crippen molar-refractivity contribution in [3.8, 4) is 0 Å². The minimum Gasteiger partial charge on any atom is -0.372 e. The molecular weight excluding hydrogens is 314 g/mol. The van der Waals surface area contributed by atoms with E-state index < -0.39 is 0 Å². The number of anilines is 3. The summed E-state index contributed by atoms with van der Waals surface area (Å²) in [6, 6.07) is 9.72. The molecule has 0 radical (unpaired) electrons. The van der Waals surface area contributed by atoms with Crippen LogP contribution in [-0.2, 0) is 0 Å². The molecule has 0 fully saturated rings. The third-order valence-electron chi connectivity index (χ3n) is 3.81. The van der Waals surface area contributed by atoms with E-state index in [2.05, 4.69) is 65.3 Å². The Hall–Kier alpha value is -2.63. The van der Waals surface area contributed by atoms with Crippen LogP contribution in [-0.4, -0.2) is 35.5 Å². The Morgan fingerprint density at radius 1 is 1.12 bits per heavy atom. The molecule has 134 valence electrons. The Balaban J connectivity index is 2.05. The molecule has 2 rings (SSSR count). The highest BCUT2D eigenvalue weighted by Gasteiger charge is 2.09. The maximum Gasteiger partial charge on any atom is 0.270 e. The van der Waals surface area contributed by atoms with Gasteiger partial charge in [-0.1, -0.05) is 13.8 Å². The molecule has 0 aliphatic heterocycles. The Kier molecular flexibility index (Phi) is 6.74. The van der Waals surface area contributed by atoms with Crippen LogP contribution in [0.4, 0.5) is 17.3 Å². The molecule has 2 N–H and O–H groups in total. The van der Waals surface area contributed by atoms with Crippen LogP contribution in [0.25, 0.3) is 0 Å². The van der Waals surface area contributed by atoms with Crippen molar-refractivity contribution < 1.29 is 4.79 Å². The van der Waals surface area contributed by atoms with Crippen molar-refractivity contribution in [1.29, 1.82) is 0 Å². The highest BCUT2D eigenvalue weighted by atomic mass is 16.1. The number of benzene rings is 1. The van der Waals surface area contributed by atoms with Crippen molar-refractivity contribution in [3.63, 3.8) is 0 Å². The summed E-state index contributed by atoms with van der Waals surface area (Å²) in [5, 5.41) is 6.01. The largest absolute Gasteiger partial charge is 0.372 e. The molecule has 0 aliphatic rings. The second-order valence-corrected chi connectivity index (χ2v) is 6.21. The second-order valence-electron chi connectivity index (χ2n) is 6.21. The number of amides is 1. The van der Waals surface area contributed by atoms with E-state index in [1.54, 1.807) is 12.3 Å². The molecule has 6 heteroatoms. The smallest absolute Gasteiger partial charge is 0.270 e. The predicted octanol–water partition coefficient (Wildman–Crippen LogP) is 3.45. The molecule has 0 bridgehead atoms. The molecular formula is C19H27N5O. The van der Waals surface area contributed by atoms with Gasteiger partial charge in [0.1, 0.15) is 5.69 Å². The summed E-state index contributed by atoms with van der Waals surface area (Å²) >= 11 is 0. The van der Waals surface area contributed by atoms with Crippen LogP contribution >= 0.6 is 0 Å². The van der Waals surface area contributed by atoms with Crippen LogP contribution in [0, 0.1) is 5.92 Å². The first-order valence-corrected chi connectivity index (χ1v) is 8.76. The molecule has 2 aromatic rings. The minimum absolute atomic E-state index is 0.184. The molecule has 1 amide bonds. The van der Waals surface area contributed by atoms with Gasteiger partial charge in [-0.2, -0.15) is 0 Å². The first-order chi connectivity index (χ1) is 12.0. The van der Waals surface area contributed by atoms with E-state index in [0.29, 0.717) is 24.1 Å². The van der Waals surface area contributed by atoms with Crippen molar-refractivity contribution in [3.05, 3.63) is 42.2 Å². The van der Waals surface area contributed by atoms with Gasteiger partial charge in [-0.15, -0.1) is 0 Å². The van der Waals surface area contributed by atoms with Gasteiger partial charge in [0.2, 0.25) is 5.95 Å². The molecule has 0 spiro atoms. The van der Waals surface area contributed by atoms with Crippen molar-refractivity contribution in [2.75, 3.05) is 29.9 Å². The van der Waals surface area contributed by atoms with E-state index in [9.17, 15) is 4.79 Å². The molecule has 0 aliphatic carbocycles. The van der Waals surface area contributed by atoms with Gasteiger partial charge in [-0.3, -0.25) is 4.79 Å². The molecule has 0 unspecified atom stereocenters. The number of hydrogen-bond donors (Lipinski definition) is 2. The summed E-state index contributed by atoms with van der Waals surface area (Å²) in [7, 11) is 0. The zero-order valence-electron chi connectivity index (χ0n) is 15.4. The van der Waals surface area contributed by atoms with Gasteiger partial charge in [0.15, 0.2) is 0 Å². The maximum absolute atomic E-state index is 12.1. The zero-order valence-corrected chi connectivity index (χ0v) is 15.4. The predicted molar refractivity (Wildman–Crippen MR) is 102 cm³/mol. The first kappa shape index (κ1) is 18.7. The van der Waals surface area contributed by atoms with Gasteiger partial charge in [0.05, 0.1) is 0 Å². The van der Waals surface area contributed by atoms with Crippen LogP contribution in [0.5, 0.6) is 0 Å². The van der Waals surface area contributed by atoms with E-state index in [1.165, 1.54) is 5.69 Å². The van der Waals surface area contributed by atoms with Crippen molar-refractivity contribution in [2.45, 2.75) is 27.7 Å². The average molecular weight is 341 g/mol. The van der Waals surface area contributed by atoms with Crippen LogP contribution in [0.15, 0.2) is 36.5 Å². The summed E-state index contributed by atoms with van der Waals surface area (Å²) < 4.78 is 0. The highest BCUT2D eigenvalue weighted by molar-refractivity contribution is 5.92. The zero-order chi connectivity index (χ0) is 18.2. The SMILES string of the molecule is CCN(CC)c1ccc(Nc2nccc(C(=O)NCC(C)C)n2)cc1. The van der Waals surface area contributed by atoms with E-state index >= 15 is 0 Å². The van der Waals surface area contributed by atoms with Crippen molar-refractivity contribution in [2.24, 2.45) is 5.92 Å². The standard InChI is InChI=1S/C19H27N5O/c1-5-24(6-2)16-9-7-15(8-10-16)22-19-20-12-11-17(23-19)18(25)21-13-14(3)4/h7-12,14H,5-6,13H2,1-4H3,(H,21,25)(H,20,22,23).